The number of nitrogens with one attached hydrogen (secondary N) is 1. The van der Waals surface area contributed by atoms with Gasteiger partial charge in [-0.15, -0.1) is 0 Å². The molecule has 0 aromatic heterocycles. The van der Waals surface area contributed by atoms with Crippen molar-refractivity contribution in [2.45, 2.75) is 31.4 Å². The summed E-state index contributed by atoms with van der Waals surface area (Å²) < 4.78 is 36.2. The lowest BCUT2D eigenvalue weighted by atomic mass is 9.97. The van der Waals surface area contributed by atoms with Crippen molar-refractivity contribution in [3.05, 3.63) is 59.4 Å². The summed E-state index contributed by atoms with van der Waals surface area (Å²) in [6.07, 6.45) is 1.22. The fourth-order valence-corrected chi connectivity index (χ4v) is 3.67. The first kappa shape index (κ1) is 21.7. The highest BCUT2D eigenvalue weighted by atomic mass is 32.2. The van der Waals surface area contributed by atoms with Crippen LogP contribution < -0.4 is 5.48 Å². The van der Waals surface area contributed by atoms with Gasteiger partial charge in [0, 0.05) is 6.26 Å². The zero-order valence-corrected chi connectivity index (χ0v) is 16.6. The largest absolute Gasteiger partial charge is 0.294 e. The first-order chi connectivity index (χ1) is 13.0. The number of hydroxylamine groups is 1. The second-order valence-electron chi connectivity index (χ2n) is 6.89. The topological polar surface area (TPSA) is 101 Å². The smallest absolute Gasteiger partial charge is 0.264 e. The van der Waals surface area contributed by atoms with E-state index in [4.69, 9.17) is 5.21 Å². The van der Waals surface area contributed by atoms with Crippen LogP contribution in [0.2, 0.25) is 0 Å². The molecule has 2 aromatic carbocycles. The summed E-state index contributed by atoms with van der Waals surface area (Å²) in [5.41, 5.74) is 3.57. The number of carbonyl (C=O) groups excluding carboxylic acids is 2. The minimum Gasteiger partial charge on any atom is -0.294 e. The predicted octanol–water partition coefficient (Wildman–Crippen LogP) is 2.94. The fraction of sp³-hybridized carbons (Fsp3) is 0.300. The molecule has 1 atom stereocenters. The lowest BCUT2D eigenvalue weighted by molar-refractivity contribution is -0.131. The maximum atomic E-state index is 14.0. The van der Waals surface area contributed by atoms with Crippen LogP contribution in [0, 0.1) is 5.82 Å². The van der Waals surface area contributed by atoms with Crippen molar-refractivity contribution in [3.63, 3.8) is 0 Å². The van der Waals surface area contributed by atoms with Gasteiger partial charge in [-0.2, -0.15) is 0 Å². The molecule has 0 fully saturated rings. The van der Waals surface area contributed by atoms with Crippen molar-refractivity contribution in [2.24, 2.45) is 0 Å². The van der Waals surface area contributed by atoms with E-state index < -0.39 is 26.3 Å². The Hall–Kier alpha value is -2.58. The molecule has 28 heavy (non-hydrogen) atoms. The van der Waals surface area contributed by atoms with Crippen molar-refractivity contribution in [1.29, 1.82) is 0 Å². The van der Waals surface area contributed by atoms with Gasteiger partial charge < -0.3 is 0 Å². The van der Waals surface area contributed by atoms with Gasteiger partial charge in [0.05, 0.1) is 5.56 Å². The second kappa shape index (κ2) is 8.20. The quantitative estimate of drug-likeness (QED) is 0.418. The Bertz CT molecular complexity index is 1000. The number of Topliss-reactive ketones (excluding diaryl/α,β-unsaturated/α-hetero) is 1. The summed E-state index contributed by atoms with van der Waals surface area (Å²) in [6, 6.07) is 11.4. The molecule has 2 aromatic rings. The van der Waals surface area contributed by atoms with E-state index in [0.717, 1.165) is 17.4 Å². The molecule has 0 saturated carbocycles. The number of rotatable bonds is 7. The van der Waals surface area contributed by atoms with Gasteiger partial charge in [0.2, 0.25) is 0 Å². The summed E-state index contributed by atoms with van der Waals surface area (Å²) >= 11 is 0. The summed E-state index contributed by atoms with van der Waals surface area (Å²) in [4.78, 5) is 23.2. The van der Waals surface area contributed by atoms with Gasteiger partial charge in [0.15, 0.2) is 15.6 Å². The number of carbonyl (C=O) groups is 2. The molecule has 6 nitrogen and oxygen atoms in total. The Morgan fingerprint density at radius 1 is 1.11 bits per heavy atom. The molecule has 1 amide bonds. The Labute approximate surface area is 163 Å². The Morgan fingerprint density at radius 3 is 2.14 bits per heavy atom. The van der Waals surface area contributed by atoms with E-state index in [1.807, 2.05) is 0 Å². The number of sulfone groups is 1. The zero-order valence-electron chi connectivity index (χ0n) is 15.8. The van der Waals surface area contributed by atoms with Crippen molar-refractivity contribution >= 4 is 21.5 Å². The van der Waals surface area contributed by atoms with Crippen molar-refractivity contribution in [3.8, 4) is 11.1 Å². The molecule has 0 spiro atoms. The molecule has 150 valence electrons. The number of ketones is 1. The van der Waals surface area contributed by atoms with Crippen molar-refractivity contribution in [2.75, 3.05) is 6.26 Å². The van der Waals surface area contributed by atoms with Gasteiger partial charge in [-0.05, 0) is 55.5 Å². The summed E-state index contributed by atoms with van der Waals surface area (Å²) in [6.45, 7) is 2.57. The third kappa shape index (κ3) is 4.45. The maximum absolute atomic E-state index is 14.0. The highest BCUT2D eigenvalue weighted by molar-refractivity contribution is 7.92. The molecule has 0 saturated heterocycles. The third-order valence-corrected chi connectivity index (χ3v) is 6.95. The Kier molecular flexibility index (Phi) is 6.36. The minimum absolute atomic E-state index is 0.0144. The molecule has 0 radical (unpaired) electrons. The highest BCUT2D eigenvalue weighted by Crippen LogP contribution is 2.26. The third-order valence-electron chi connectivity index (χ3n) is 4.93. The minimum atomic E-state index is -3.75. The molecule has 0 heterocycles. The monoisotopic (exact) mass is 407 g/mol. The summed E-state index contributed by atoms with van der Waals surface area (Å²) in [5.74, 6) is -1.92. The molecule has 0 aliphatic carbocycles. The second-order valence-corrected chi connectivity index (χ2v) is 9.34. The van der Waals surface area contributed by atoms with E-state index in [2.05, 4.69) is 0 Å². The number of aryl methyl sites for hydroxylation is 1. The average Bonchev–Trinajstić information content (AvgIpc) is 2.64. The van der Waals surface area contributed by atoms with E-state index >= 15 is 0 Å². The van der Waals surface area contributed by atoms with Gasteiger partial charge in [0.1, 0.15) is 10.6 Å². The van der Waals surface area contributed by atoms with E-state index in [9.17, 15) is 22.4 Å². The molecule has 0 aliphatic heterocycles. The number of hydrogen-bond acceptors (Lipinski definition) is 5. The van der Waals surface area contributed by atoms with Crippen LogP contribution in [0.25, 0.3) is 11.1 Å². The fourth-order valence-electron chi connectivity index (χ4n) is 2.81. The van der Waals surface area contributed by atoms with Gasteiger partial charge in [-0.1, -0.05) is 30.3 Å². The van der Waals surface area contributed by atoms with Gasteiger partial charge in [-0.25, -0.2) is 18.3 Å². The van der Waals surface area contributed by atoms with Crippen LogP contribution in [0.5, 0.6) is 0 Å². The van der Waals surface area contributed by atoms with Crippen LogP contribution in [0.15, 0.2) is 42.5 Å². The van der Waals surface area contributed by atoms with Crippen LogP contribution in [-0.2, 0) is 21.1 Å². The number of benzene rings is 2. The van der Waals surface area contributed by atoms with Crippen LogP contribution in [0.1, 0.15) is 36.2 Å². The first-order valence-corrected chi connectivity index (χ1v) is 10.4. The van der Waals surface area contributed by atoms with Crippen molar-refractivity contribution < 1.29 is 27.6 Å². The lowest BCUT2D eigenvalue weighted by Gasteiger charge is -2.25. The van der Waals surface area contributed by atoms with E-state index in [0.29, 0.717) is 5.56 Å². The SMILES string of the molecule is CC(=O)c1ccc(-c2ccc(CCC(C)(C(=O)NO)S(C)(=O)=O)cc2)cc1F. The molecular formula is C20H22FNO5S. The maximum Gasteiger partial charge on any atom is 0.264 e. The lowest BCUT2D eigenvalue weighted by Crippen LogP contribution is -2.49. The Balaban J connectivity index is 2.20. The van der Waals surface area contributed by atoms with Crippen LogP contribution in [0.4, 0.5) is 4.39 Å². The molecule has 1 unspecified atom stereocenters. The number of halogens is 1. The molecule has 8 heteroatoms. The Morgan fingerprint density at radius 2 is 1.68 bits per heavy atom. The molecule has 0 aliphatic rings. The van der Waals surface area contributed by atoms with E-state index in [1.165, 1.54) is 31.5 Å². The first-order valence-electron chi connectivity index (χ1n) is 8.53. The molecule has 0 bridgehead atoms. The standard InChI is InChI=1S/C20H22FNO5S/c1-13(23)17-9-8-16(12-18(17)21)15-6-4-14(5-7-15)10-11-20(2,19(24)22-25)28(3,26)27/h4-9,12,25H,10-11H2,1-3H3,(H,22,24). The van der Waals surface area contributed by atoms with E-state index in [1.54, 1.807) is 30.3 Å². The van der Waals surface area contributed by atoms with Crippen LogP contribution >= 0.6 is 0 Å². The highest BCUT2D eigenvalue weighted by Gasteiger charge is 2.43. The zero-order chi connectivity index (χ0) is 21.1. The normalized spacial score (nSPS) is 13.6. The van der Waals surface area contributed by atoms with E-state index in [-0.39, 0.29) is 24.2 Å². The predicted molar refractivity (Wildman–Crippen MR) is 103 cm³/mol. The van der Waals surface area contributed by atoms with Gasteiger partial charge in [0.25, 0.3) is 5.91 Å². The van der Waals surface area contributed by atoms with Gasteiger partial charge >= 0.3 is 0 Å². The summed E-state index contributed by atoms with van der Waals surface area (Å²) in [7, 11) is -3.75. The van der Waals surface area contributed by atoms with Crippen LogP contribution in [0.3, 0.4) is 0 Å². The number of amides is 1. The van der Waals surface area contributed by atoms with Gasteiger partial charge in [-0.3, -0.25) is 14.8 Å². The van der Waals surface area contributed by atoms with Crippen LogP contribution in [-0.4, -0.2) is 36.3 Å². The molecule has 2 N–H and O–H groups in total. The number of hydrogen-bond donors (Lipinski definition) is 2. The van der Waals surface area contributed by atoms with Crippen molar-refractivity contribution in [1.82, 2.24) is 5.48 Å². The molecular weight excluding hydrogens is 385 g/mol. The molecule has 2 rings (SSSR count). The average molecular weight is 407 g/mol. The summed E-state index contributed by atoms with van der Waals surface area (Å²) in [5, 5.41) is 8.85.